The quantitative estimate of drug-likeness (QED) is 0.799. The van der Waals surface area contributed by atoms with Crippen LogP contribution in [0.1, 0.15) is 5.69 Å². The van der Waals surface area contributed by atoms with Crippen LogP contribution in [-0.4, -0.2) is 23.5 Å². The van der Waals surface area contributed by atoms with Gasteiger partial charge in [0.1, 0.15) is 11.4 Å². The summed E-state index contributed by atoms with van der Waals surface area (Å²) in [5, 5.41) is 0. The third-order valence-electron chi connectivity index (χ3n) is 3.56. The van der Waals surface area contributed by atoms with Crippen LogP contribution < -0.4 is 15.4 Å². The molecule has 2 N–H and O–H groups in total. The van der Waals surface area contributed by atoms with Gasteiger partial charge in [-0.15, -0.1) is 0 Å². The van der Waals surface area contributed by atoms with E-state index < -0.39 is 0 Å². The highest BCUT2D eigenvalue weighted by Crippen LogP contribution is 2.29. The highest BCUT2D eigenvalue weighted by Gasteiger charge is 2.15. The number of rotatable bonds is 4. The van der Waals surface area contributed by atoms with Gasteiger partial charge in [0.25, 0.3) is 0 Å². The summed E-state index contributed by atoms with van der Waals surface area (Å²) in [6.45, 7) is 0.425. The second-order valence-corrected chi connectivity index (χ2v) is 4.78. The van der Waals surface area contributed by atoms with Gasteiger partial charge in [0.2, 0.25) is 0 Å². The predicted molar refractivity (Wildman–Crippen MR) is 84.1 cm³/mol. The standard InChI is InChI=1S/C16H18N4O/c1-19(12-6-5-7-13(10-12)21-2)16-14(11-17)20-9-4-3-8-15(20)18-16/h3-10H,11,17H2,1-2H3. The molecular weight excluding hydrogens is 264 g/mol. The van der Waals surface area contributed by atoms with E-state index in [0.29, 0.717) is 6.54 Å². The summed E-state index contributed by atoms with van der Waals surface area (Å²) in [5.74, 6) is 1.68. The lowest BCUT2D eigenvalue weighted by molar-refractivity contribution is 0.415. The summed E-state index contributed by atoms with van der Waals surface area (Å²) in [7, 11) is 3.64. The molecule has 3 aromatic rings. The Morgan fingerprint density at radius 3 is 2.86 bits per heavy atom. The van der Waals surface area contributed by atoms with Crippen molar-refractivity contribution in [1.29, 1.82) is 0 Å². The summed E-state index contributed by atoms with van der Waals surface area (Å²) in [5.41, 5.74) is 8.80. The normalized spacial score (nSPS) is 10.8. The zero-order valence-corrected chi connectivity index (χ0v) is 12.2. The summed E-state index contributed by atoms with van der Waals surface area (Å²) >= 11 is 0. The Balaban J connectivity index is 2.10. The Labute approximate surface area is 123 Å². The smallest absolute Gasteiger partial charge is 0.156 e. The van der Waals surface area contributed by atoms with Crippen LogP contribution in [0.15, 0.2) is 48.7 Å². The SMILES string of the molecule is COc1cccc(N(C)c2nc3ccccn3c2CN)c1. The van der Waals surface area contributed by atoms with Crippen molar-refractivity contribution in [3.05, 3.63) is 54.4 Å². The van der Waals surface area contributed by atoms with Gasteiger partial charge in [-0.25, -0.2) is 4.98 Å². The number of imidazole rings is 1. The Morgan fingerprint density at radius 2 is 2.10 bits per heavy atom. The Kier molecular flexibility index (Phi) is 3.50. The molecule has 0 fully saturated rings. The number of methoxy groups -OCH3 is 1. The average molecular weight is 282 g/mol. The zero-order valence-electron chi connectivity index (χ0n) is 12.2. The lowest BCUT2D eigenvalue weighted by Gasteiger charge is -2.18. The van der Waals surface area contributed by atoms with Gasteiger partial charge in [-0.3, -0.25) is 0 Å². The van der Waals surface area contributed by atoms with Gasteiger partial charge in [-0.2, -0.15) is 0 Å². The van der Waals surface area contributed by atoms with Crippen molar-refractivity contribution < 1.29 is 4.74 Å². The molecule has 1 aromatic carbocycles. The van der Waals surface area contributed by atoms with Crippen LogP contribution in [0.25, 0.3) is 5.65 Å². The highest BCUT2D eigenvalue weighted by molar-refractivity contribution is 5.66. The van der Waals surface area contributed by atoms with E-state index >= 15 is 0 Å². The van der Waals surface area contributed by atoms with Gasteiger partial charge in [0, 0.05) is 31.5 Å². The van der Waals surface area contributed by atoms with Crippen LogP contribution in [0.2, 0.25) is 0 Å². The Bertz CT molecular complexity index is 766. The monoisotopic (exact) mass is 282 g/mol. The predicted octanol–water partition coefficient (Wildman–Crippen LogP) is 2.57. The summed E-state index contributed by atoms with van der Waals surface area (Å²) in [6.07, 6.45) is 1.98. The van der Waals surface area contributed by atoms with Crippen molar-refractivity contribution in [3.8, 4) is 5.75 Å². The maximum Gasteiger partial charge on any atom is 0.156 e. The number of nitrogens with two attached hydrogens (primary N) is 1. The molecule has 5 heteroatoms. The van der Waals surface area contributed by atoms with Crippen LogP contribution in [-0.2, 0) is 6.54 Å². The first kappa shape index (κ1) is 13.5. The first-order chi connectivity index (χ1) is 10.2. The third-order valence-corrected chi connectivity index (χ3v) is 3.56. The van der Waals surface area contributed by atoms with E-state index in [2.05, 4.69) is 4.98 Å². The molecule has 0 saturated carbocycles. The molecule has 5 nitrogen and oxygen atoms in total. The number of anilines is 2. The summed E-state index contributed by atoms with van der Waals surface area (Å²) in [6, 6.07) is 13.8. The lowest BCUT2D eigenvalue weighted by atomic mass is 10.2. The molecule has 0 aliphatic rings. The van der Waals surface area contributed by atoms with Crippen LogP contribution in [0.5, 0.6) is 5.75 Å². The van der Waals surface area contributed by atoms with Gasteiger partial charge < -0.3 is 19.8 Å². The second-order valence-electron chi connectivity index (χ2n) is 4.78. The first-order valence-corrected chi connectivity index (χ1v) is 6.78. The summed E-state index contributed by atoms with van der Waals surface area (Å²) in [4.78, 5) is 6.71. The van der Waals surface area contributed by atoms with E-state index in [1.807, 2.05) is 65.0 Å². The Hall–Kier alpha value is -2.53. The minimum Gasteiger partial charge on any atom is -0.497 e. The van der Waals surface area contributed by atoms with Gasteiger partial charge in [-0.1, -0.05) is 12.1 Å². The fourth-order valence-corrected chi connectivity index (χ4v) is 2.43. The molecule has 0 saturated heterocycles. The number of hydrogen-bond donors (Lipinski definition) is 1. The van der Waals surface area contributed by atoms with Crippen molar-refractivity contribution >= 4 is 17.2 Å². The van der Waals surface area contributed by atoms with Crippen molar-refractivity contribution in [3.63, 3.8) is 0 Å². The van der Waals surface area contributed by atoms with Gasteiger partial charge in [0.15, 0.2) is 5.82 Å². The molecule has 0 aliphatic carbocycles. The van der Waals surface area contributed by atoms with E-state index in [9.17, 15) is 0 Å². The fourth-order valence-electron chi connectivity index (χ4n) is 2.43. The molecule has 0 radical (unpaired) electrons. The molecule has 0 spiro atoms. The molecule has 0 aliphatic heterocycles. The van der Waals surface area contributed by atoms with E-state index in [4.69, 9.17) is 10.5 Å². The van der Waals surface area contributed by atoms with Crippen LogP contribution in [0.4, 0.5) is 11.5 Å². The number of hydrogen-bond acceptors (Lipinski definition) is 4. The van der Waals surface area contributed by atoms with Crippen molar-refractivity contribution in [1.82, 2.24) is 9.38 Å². The molecular formula is C16H18N4O. The van der Waals surface area contributed by atoms with E-state index in [0.717, 1.165) is 28.6 Å². The topological polar surface area (TPSA) is 55.8 Å². The van der Waals surface area contributed by atoms with E-state index in [1.54, 1.807) is 7.11 Å². The van der Waals surface area contributed by atoms with Crippen molar-refractivity contribution in [2.75, 3.05) is 19.1 Å². The number of pyridine rings is 1. The number of aromatic nitrogens is 2. The maximum atomic E-state index is 5.92. The number of nitrogens with zero attached hydrogens (tertiary/aromatic N) is 3. The largest absolute Gasteiger partial charge is 0.497 e. The molecule has 3 rings (SSSR count). The second kappa shape index (κ2) is 5.46. The fraction of sp³-hybridized carbons (Fsp3) is 0.188. The third kappa shape index (κ3) is 2.32. The molecule has 0 unspecified atom stereocenters. The highest BCUT2D eigenvalue weighted by atomic mass is 16.5. The number of ether oxygens (including phenoxy) is 1. The molecule has 0 atom stereocenters. The lowest BCUT2D eigenvalue weighted by Crippen LogP contribution is -2.14. The van der Waals surface area contributed by atoms with Crippen LogP contribution in [0, 0.1) is 0 Å². The van der Waals surface area contributed by atoms with Crippen LogP contribution >= 0.6 is 0 Å². The van der Waals surface area contributed by atoms with E-state index in [-0.39, 0.29) is 0 Å². The average Bonchev–Trinajstić information content (AvgIpc) is 2.92. The van der Waals surface area contributed by atoms with Gasteiger partial charge >= 0.3 is 0 Å². The van der Waals surface area contributed by atoms with Crippen molar-refractivity contribution in [2.24, 2.45) is 5.73 Å². The molecule has 2 aromatic heterocycles. The molecule has 0 bridgehead atoms. The molecule has 0 amide bonds. The van der Waals surface area contributed by atoms with E-state index in [1.165, 1.54) is 0 Å². The first-order valence-electron chi connectivity index (χ1n) is 6.78. The summed E-state index contributed by atoms with van der Waals surface area (Å²) < 4.78 is 7.30. The Morgan fingerprint density at radius 1 is 1.24 bits per heavy atom. The van der Waals surface area contributed by atoms with Crippen molar-refractivity contribution in [2.45, 2.75) is 6.54 Å². The number of fused-ring (bicyclic) bond motifs is 1. The number of benzene rings is 1. The molecule has 21 heavy (non-hydrogen) atoms. The molecule has 108 valence electrons. The maximum absolute atomic E-state index is 5.92. The minimum atomic E-state index is 0.425. The molecule has 2 heterocycles. The van der Waals surface area contributed by atoms with Gasteiger partial charge in [-0.05, 0) is 24.3 Å². The van der Waals surface area contributed by atoms with Crippen LogP contribution in [0.3, 0.4) is 0 Å². The van der Waals surface area contributed by atoms with Gasteiger partial charge in [0.05, 0.1) is 12.8 Å². The zero-order chi connectivity index (χ0) is 14.8. The minimum absolute atomic E-state index is 0.425.